The van der Waals surface area contributed by atoms with Gasteiger partial charge in [-0.25, -0.2) is 4.79 Å². The van der Waals surface area contributed by atoms with E-state index in [9.17, 15) is 4.79 Å². The van der Waals surface area contributed by atoms with E-state index in [1.54, 1.807) is 12.4 Å². The molecular formula is C13H23N5O2. The van der Waals surface area contributed by atoms with Crippen LogP contribution in [0.4, 0.5) is 10.5 Å². The summed E-state index contributed by atoms with van der Waals surface area (Å²) in [5, 5.41) is 11.9. The van der Waals surface area contributed by atoms with E-state index >= 15 is 0 Å². The molecule has 2 atom stereocenters. The van der Waals surface area contributed by atoms with E-state index in [1.807, 2.05) is 0 Å². The lowest BCUT2D eigenvalue weighted by Crippen LogP contribution is -2.46. The molecule has 7 heteroatoms. The van der Waals surface area contributed by atoms with Crippen LogP contribution in [0.2, 0.25) is 0 Å². The Hall–Kier alpha value is -1.60. The highest BCUT2D eigenvalue weighted by molar-refractivity contribution is 5.88. The van der Waals surface area contributed by atoms with Crippen LogP contribution in [0.1, 0.15) is 20.3 Å². The van der Waals surface area contributed by atoms with Gasteiger partial charge in [0.05, 0.1) is 24.1 Å². The van der Waals surface area contributed by atoms with E-state index in [2.05, 4.69) is 39.6 Å². The normalized spacial score (nSPS) is 23.5. The van der Waals surface area contributed by atoms with E-state index in [0.29, 0.717) is 12.2 Å². The van der Waals surface area contributed by atoms with Crippen molar-refractivity contribution in [2.75, 3.05) is 31.5 Å². The summed E-state index contributed by atoms with van der Waals surface area (Å²) in [7, 11) is 0. The fourth-order valence-corrected chi connectivity index (χ4v) is 2.47. The highest BCUT2D eigenvalue weighted by atomic mass is 16.5. The van der Waals surface area contributed by atoms with Crippen molar-refractivity contribution in [3.63, 3.8) is 0 Å². The summed E-state index contributed by atoms with van der Waals surface area (Å²) >= 11 is 0. The molecule has 0 spiro atoms. The van der Waals surface area contributed by atoms with Gasteiger partial charge in [0.25, 0.3) is 0 Å². The molecule has 0 bridgehead atoms. The van der Waals surface area contributed by atoms with Gasteiger partial charge in [-0.15, -0.1) is 0 Å². The smallest absolute Gasteiger partial charge is 0.319 e. The minimum atomic E-state index is -0.199. The Balaban J connectivity index is 1.58. The van der Waals surface area contributed by atoms with E-state index in [4.69, 9.17) is 4.74 Å². The number of amides is 2. The van der Waals surface area contributed by atoms with Crippen LogP contribution in [0.3, 0.4) is 0 Å². The first kappa shape index (κ1) is 14.8. The summed E-state index contributed by atoms with van der Waals surface area (Å²) in [6, 6.07) is -0.199. The second-order valence-corrected chi connectivity index (χ2v) is 5.24. The predicted molar refractivity (Wildman–Crippen MR) is 76.7 cm³/mol. The van der Waals surface area contributed by atoms with Gasteiger partial charge in [-0.1, -0.05) is 0 Å². The number of nitrogens with one attached hydrogen (secondary N) is 3. The van der Waals surface area contributed by atoms with E-state index < -0.39 is 0 Å². The number of rotatable bonds is 5. The molecule has 0 saturated carbocycles. The molecule has 1 aliphatic heterocycles. The zero-order chi connectivity index (χ0) is 14.4. The van der Waals surface area contributed by atoms with Crippen LogP contribution in [0.15, 0.2) is 12.4 Å². The van der Waals surface area contributed by atoms with Gasteiger partial charge in [0.1, 0.15) is 0 Å². The first-order chi connectivity index (χ1) is 9.63. The van der Waals surface area contributed by atoms with Crippen molar-refractivity contribution in [2.24, 2.45) is 0 Å². The Bertz CT molecular complexity index is 399. The second-order valence-electron chi connectivity index (χ2n) is 5.24. The van der Waals surface area contributed by atoms with Crippen molar-refractivity contribution < 1.29 is 9.53 Å². The Morgan fingerprint density at radius 2 is 2.25 bits per heavy atom. The number of nitrogens with zero attached hydrogens (tertiary/aromatic N) is 2. The molecule has 1 fully saturated rings. The predicted octanol–water partition coefficient (Wildman–Crippen LogP) is 1.03. The van der Waals surface area contributed by atoms with Crippen molar-refractivity contribution >= 4 is 11.7 Å². The van der Waals surface area contributed by atoms with Gasteiger partial charge in [-0.3, -0.25) is 10.00 Å². The van der Waals surface area contributed by atoms with E-state index in [1.165, 1.54) is 0 Å². The highest BCUT2D eigenvalue weighted by Crippen LogP contribution is 2.10. The van der Waals surface area contributed by atoms with Crippen LogP contribution in [0, 0.1) is 0 Å². The van der Waals surface area contributed by atoms with Crippen LogP contribution in [0.25, 0.3) is 0 Å². The van der Waals surface area contributed by atoms with Crippen molar-refractivity contribution in [2.45, 2.75) is 32.5 Å². The molecule has 112 valence electrons. The first-order valence-corrected chi connectivity index (χ1v) is 7.05. The molecule has 3 N–H and O–H groups in total. The molecular weight excluding hydrogens is 258 g/mol. The molecule has 1 aromatic heterocycles. The number of aromatic nitrogens is 2. The molecule has 2 rings (SSSR count). The zero-order valence-corrected chi connectivity index (χ0v) is 12.1. The monoisotopic (exact) mass is 281 g/mol. The third-order valence-corrected chi connectivity index (χ3v) is 3.19. The number of aromatic amines is 1. The first-order valence-electron chi connectivity index (χ1n) is 7.05. The fourth-order valence-electron chi connectivity index (χ4n) is 2.47. The summed E-state index contributed by atoms with van der Waals surface area (Å²) in [4.78, 5) is 14.0. The number of hydrogen-bond acceptors (Lipinski definition) is 4. The number of hydrogen-bond donors (Lipinski definition) is 3. The van der Waals surface area contributed by atoms with Gasteiger partial charge in [-0.05, 0) is 20.3 Å². The average molecular weight is 281 g/mol. The number of anilines is 1. The molecule has 0 unspecified atom stereocenters. The Labute approximate surface area is 119 Å². The highest BCUT2D eigenvalue weighted by Gasteiger charge is 2.21. The maximum Gasteiger partial charge on any atom is 0.319 e. The van der Waals surface area contributed by atoms with Crippen molar-refractivity contribution in [3.05, 3.63) is 12.4 Å². The van der Waals surface area contributed by atoms with Gasteiger partial charge in [-0.2, -0.15) is 5.10 Å². The molecule has 1 aliphatic rings. The van der Waals surface area contributed by atoms with Gasteiger partial charge < -0.3 is 15.4 Å². The Morgan fingerprint density at radius 3 is 2.90 bits per heavy atom. The van der Waals surface area contributed by atoms with Crippen LogP contribution < -0.4 is 10.6 Å². The summed E-state index contributed by atoms with van der Waals surface area (Å²) in [5.74, 6) is 0. The van der Waals surface area contributed by atoms with Crippen molar-refractivity contribution in [1.82, 2.24) is 20.4 Å². The number of carbonyl (C=O) groups excluding carboxylic acids is 1. The summed E-state index contributed by atoms with van der Waals surface area (Å²) < 4.78 is 5.69. The molecule has 0 radical (unpaired) electrons. The minimum absolute atomic E-state index is 0.199. The lowest BCUT2D eigenvalue weighted by Gasteiger charge is -2.35. The van der Waals surface area contributed by atoms with Crippen LogP contribution in [-0.4, -0.2) is 59.5 Å². The fraction of sp³-hybridized carbons (Fsp3) is 0.692. The number of urea groups is 1. The molecule has 1 saturated heterocycles. The summed E-state index contributed by atoms with van der Waals surface area (Å²) in [5.41, 5.74) is 0.665. The number of morpholine rings is 1. The molecule has 7 nitrogen and oxygen atoms in total. The quantitative estimate of drug-likeness (QED) is 0.704. The third-order valence-electron chi connectivity index (χ3n) is 3.19. The molecule has 2 amide bonds. The van der Waals surface area contributed by atoms with Crippen LogP contribution in [0.5, 0.6) is 0 Å². The Morgan fingerprint density at radius 1 is 1.50 bits per heavy atom. The van der Waals surface area contributed by atoms with Crippen LogP contribution >= 0.6 is 0 Å². The lowest BCUT2D eigenvalue weighted by molar-refractivity contribution is -0.0679. The van der Waals surface area contributed by atoms with Gasteiger partial charge >= 0.3 is 6.03 Å². The second kappa shape index (κ2) is 7.25. The van der Waals surface area contributed by atoms with Gasteiger partial charge in [0, 0.05) is 32.4 Å². The lowest BCUT2D eigenvalue weighted by atomic mass is 10.2. The number of ether oxygens (including phenoxy) is 1. The van der Waals surface area contributed by atoms with E-state index in [0.717, 1.165) is 26.1 Å². The molecule has 1 aromatic rings. The largest absolute Gasteiger partial charge is 0.373 e. The van der Waals surface area contributed by atoms with Crippen molar-refractivity contribution in [3.8, 4) is 0 Å². The Kier molecular flexibility index (Phi) is 5.37. The number of H-pyrrole nitrogens is 1. The molecule has 0 aromatic carbocycles. The van der Waals surface area contributed by atoms with Gasteiger partial charge in [0.15, 0.2) is 0 Å². The van der Waals surface area contributed by atoms with Crippen molar-refractivity contribution in [1.29, 1.82) is 0 Å². The molecule has 20 heavy (non-hydrogen) atoms. The summed E-state index contributed by atoms with van der Waals surface area (Å²) in [6.07, 6.45) is 4.71. The van der Waals surface area contributed by atoms with Crippen LogP contribution in [-0.2, 0) is 4.74 Å². The average Bonchev–Trinajstić information content (AvgIpc) is 2.86. The topological polar surface area (TPSA) is 82.3 Å². The third kappa shape index (κ3) is 4.82. The summed E-state index contributed by atoms with van der Waals surface area (Å²) in [6.45, 7) is 7.75. The maximum atomic E-state index is 11.6. The minimum Gasteiger partial charge on any atom is -0.373 e. The van der Waals surface area contributed by atoms with E-state index in [-0.39, 0.29) is 18.2 Å². The number of carbonyl (C=O) groups is 1. The molecule has 2 heterocycles. The van der Waals surface area contributed by atoms with Gasteiger partial charge in [0.2, 0.25) is 0 Å². The SMILES string of the molecule is C[C@@H]1CN(CCCNC(=O)Nc2cn[nH]c2)C[C@H](C)O1. The standard InChI is InChI=1S/C13H23N5O2/c1-10-8-18(9-11(2)20-10)5-3-4-14-13(19)17-12-6-15-16-7-12/h6-7,10-11H,3-5,8-9H2,1-2H3,(H,15,16)(H2,14,17,19)/t10-,11+. The maximum absolute atomic E-state index is 11.6. The zero-order valence-electron chi connectivity index (χ0n) is 12.1. The molecule has 0 aliphatic carbocycles.